The highest BCUT2D eigenvalue weighted by Gasteiger charge is 2.06. The van der Waals surface area contributed by atoms with Gasteiger partial charge in [-0.3, -0.25) is 4.79 Å². The van der Waals surface area contributed by atoms with Crippen LogP contribution in [0, 0.1) is 6.92 Å². The molecule has 0 bridgehead atoms. The first-order chi connectivity index (χ1) is 10.6. The van der Waals surface area contributed by atoms with Crippen LogP contribution in [0.15, 0.2) is 53.6 Å². The number of carbonyl (C=O) groups is 1. The Balaban J connectivity index is 1.78. The van der Waals surface area contributed by atoms with Gasteiger partial charge in [-0.25, -0.2) is 9.97 Å². The highest BCUT2D eigenvalue weighted by Crippen LogP contribution is 2.25. The number of hydrogen-bond donors (Lipinski definition) is 1. The predicted molar refractivity (Wildman–Crippen MR) is 88.8 cm³/mol. The first-order valence-corrected chi connectivity index (χ1v) is 7.87. The molecule has 4 nitrogen and oxygen atoms in total. The van der Waals surface area contributed by atoms with Gasteiger partial charge in [-0.05, 0) is 36.8 Å². The van der Waals surface area contributed by atoms with Crippen molar-refractivity contribution < 1.29 is 4.79 Å². The topological polar surface area (TPSA) is 68.9 Å². The molecule has 1 aromatic heterocycles. The number of carbonyl (C=O) groups excluding carboxylic acids is 1. The number of rotatable bonds is 4. The van der Waals surface area contributed by atoms with E-state index in [1.807, 2.05) is 43.3 Å². The lowest BCUT2D eigenvalue weighted by molar-refractivity contribution is 0.100. The monoisotopic (exact) mass is 309 g/mol. The van der Waals surface area contributed by atoms with Gasteiger partial charge in [-0.2, -0.15) is 0 Å². The molecule has 1 amide bonds. The summed E-state index contributed by atoms with van der Waals surface area (Å²) < 4.78 is 0. The number of hydrogen-bond acceptors (Lipinski definition) is 4. The van der Waals surface area contributed by atoms with Crippen molar-refractivity contribution in [2.75, 3.05) is 0 Å². The Kier molecular flexibility index (Phi) is 4.06. The number of benzene rings is 2. The molecular formula is C17H15N3OS. The lowest BCUT2D eigenvalue weighted by Crippen LogP contribution is -2.10. The standard InChI is InChI=1S/C17H15N3OS/c1-11-17(20-15-5-3-2-4-14(15)19-11)22-10-12-6-8-13(9-7-12)16(18)21/h2-9H,10H2,1H3,(H2,18,21). The van der Waals surface area contributed by atoms with Gasteiger partial charge in [-0.15, -0.1) is 0 Å². The molecule has 0 fully saturated rings. The van der Waals surface area contributed by atoms with Crippen LogP contribution in [-0.4, -0.2) is 15.9 Å². The summed E-state index contributed by atoms with van der Waals surface area (Å²) in [5.41, 5.74) is 9.62. The molecule has 3 rings (SSSR count). The van der Waals surface area contributed by atoms with Crippen molar-refractivity contribution in [3.05, 3.63) is 65.4 Å². The molecule has 0 saturated carbocycles. The molecule has 0 aliphatic carbocycles. The zero-order chi connectivity index (χ0) is 15.5. The van der Waals surface area contributed by atoms with Gasteiger partial charge in [-0.1, -0.05) is 36.0 Å². The molecule has 0 saturated heterocycles. The number of aryl methyl sites for hydroxylation is 1. The predicted octanol–water partition coefficient (Wildman–Crippen LogP) is 3.33. The molecule has 0 atom stereocenters. The van der Waals surface area contributed by atoms with Gasteiger partial charge in [0.05, 0.1) is 16.7 Å². The van der Waals surface area contributed by atoms with E-state index in [4.69, 9.17) is 5.73 Å². The van der Waals surface area contributed by atoms with Crippen molar-refractivity contribution in [1.29, 1.82) is 0 Å². The van der Waals surface area contributed by atoms with E-state index in [0.717, 1.165) is 33.1 Å². The molecule has 3 aromatic rings. The van der Waals surface area contributed by atoms with E-state index in [1.165, 1.54) is 0 Å². The Hall–Kier alpha value is -2.40. The first kappa shape index (κ1) is 14.5. The number of aromatic nitrogens is 2. The Morgan fingerprint density at radius 3 is 2.32 bits per heavy atom. The summed E-state index contributed by atoms with van der Waals surface area (Å²) in [6.07, 6.45) is 0. The molecule has 22 heavy (non-hydrogen) atoms. The first-order valence-electron chi connectivity index (χ1n) is 6.88. The van der Waals surface area contributed by atoms with Crippen LogP contribution in [0.5, 0.6) is 0 Å². The third-order valence-electron chi connectivity index (χ3n) is 3.32. The zero-order valence-electron chi connectivity index (χ0n) is 12.1. The second-order valence-corrected chi connectivity index (χ2v) is 5.92. The summed E-state index contributed by atoms with van der Waals surface area (Å²) in [4.78, 5) is 20.3. The van der Waals surface area contributed by atoms with Crippen molar-refractivity contribution in [2.24, 2.45) is 5.73 Å². The second kappa shape index (κ2) is 6.15. The van der Waals surface area contributed by atoms with Crippen LogP contribution in [0.4, 0.5) is 0 Å². The minimum absolute atomic E-state index is 0.407. The molecular weight excluding hydrogens is 294 g/mol. The average molecular weight is 309 g/mol. The van der Waals surface area contributed by atoms with Crippen molar-refractivity contribution in [1.82, 2.24) is 9.97 Å². The maximum absolute atomic E-state index is 11.1. The van der Waals surface area contributed by atoms with Crippen molar-refractivity contribution in [3.63, 3.8) is 0 Å². The molecule has 5 heteroatoms. The van der Waals surface area contributed by atoms with Gasteiger partial charge >= 0.3 is 0 Å². The lowest BCUT2D eigenvalue weighted by atomic mass is 10.1. The van der Waals surface area contributed by atoms with Crippen LogP contribution in [0.1, 0.15) is 21.6 Å². The Bertz CT molecular complexity index is 831. The fourth-order valence-corrected chi connectivity index (χ4v) is 3.04. The van der Waals surface area contributed by atoms with E-state index >= 15 is 0 Å². The van der Waals surface area contributed by atoms with Crippen LogP contribution in [0.2, 0.25) is 0 Å². The largest absolute Gasteiger partial charge is 0.366 e. The van der Waals surface area contributed by atoms with E-state index < -0.39 is 5.91 Å². The molecule has 110 valence electrons. The maximum Gasteiger partial charge on any atom is 0.248 e. The van der Waals surface area contributed by atoms with Gasteiger partial charge in [0.1, 0.15) is 5.03 Å². The number of nitrogens with zero attached hydrogens (tertiary/aromatic N) is 2. The zero-order valence-corrected chi connectivity index (χ0v) is 12.9. The summed E-state index contributed by atoms with van der Waals surface area (Å²) in [5.74, 6) is 0.364. The van der Waals surface area contributed by atoms with Gasteiger partial charge in [0.25, 0.3) is 0 Å². The Morgan fingerprint density at radius 2 is 1.68 bits per heavy atom. The van der Waals surface area contributed by atoms with Crippen molar-refractivity contribution >= 4 is 28.7 Å². The summed E-state index contributed by atoms with van der Waals surface area (Å²) in [6, 6.07) is 15.2. The maximum atomic E-state index is 11.1. The van der Waals surface area contributed by atoms with Crippen molar-refractivity contribution in [2.45, 2.75) is 17.7 Å². The van der Waals surface area contributed by atoms with Crippen molar-refractivity contribution in [3.8, 4) is 0 Å². The average Bonchev–Trinajstić information content (AvgIpc) is 2.53. The Labute approximate surface area is 132 Å². The van der Waals surface area contributed by atoms with Gasteiger partial charge in [0.2, 0.25) is 5.91 Å². The lowest BCUT2D eigenvalue weighted by Gasteiger charge is -2.06. The number of nitrogens with two attached hydrogens (primary N) is 1. The number of thioether (sulfide) groups is 1. The van der Waals surface area contributed by atoms with E-state index in [9.17, 15) is 4.79 Å². The highest BCUT2D eigenvalue weighted by atomic mass is 32.2. The molecule has 0 spiro atoms. The number of para-hydroxylation sites is 2. The molecule has 0 unspecified atom stereocenters. The molecule has 2 N–H and O–H groups in total. The summed E-state index contributed by atoms with van der Waals surface area (Å²) in [6.45, 7) is 1.97. The van der Waals surface area contributed by atoms with Crippen LogP contribution in [0.25, 0.3) is 11.0 Å². The molecule has 2 aromatic carbocycles. The van der Waals surface area contributed by atoms with Crippen LogP contribution < -0.4 is 5.73 Å². The fourth-order valence-electron chi connectivity index (χ4n) is 2.13. The SMILES string of the molecule is Cc1nc2ccccc2nc1SCc1ccc(C(N)=O)cc1. The molecule has 0 radical (unpaired) electrons. The summed E-state index contributed by atoms with van der Waals surface area (Å²) in [5, 5.41) is 0.928. The summed E-state index contributed by atoms with van der Waals surface area (Å²) in [7, 11) is 0. The highest BCUT2D eigenvalue weighted by molar-refractivity contribution is 7.98. The minimum Gasteiger partial charge on any atom is -0.366 e. The molecule has 1 heterocycles. The second-order valence-electron chi connectivity index (χ2n) is 4.95. The van der Waals surface area contributed by atoms with Gasteiger partial charge in [0.15, 0.2) is 0 Å². The van der Waals surface area contributed by atoms with E-state index in [1.54, 1.807) is 23.9 Å². The van der Waals surface area contributed by atoms with Gasteiger partial charge in [0, 0.05) is 11.3 Å². The third kappa shape index (κ3) is 3.09. The van der Waals surface area contributed by atoms with Crippen LogP contribution in [-0.2, 0) is 5.75 Å². The fraction of sp³-hybridized carbons (Fsp3) is 0.118. The Morgan fingerprint density at radius 1 is 1.05 bits per heavy atom. The minimum atomic E-state index is -0.407. The molecule has 0 aliphatic heterocycles. The normalized spacial score (nSPS) is 10.8. The number of fused-ring (bicyclic) bond motifs is 1. The van der Waals surface area contributed by atoms with Crippen LogP contribution >= 0.6 is 11.8 Å². The van der Waals surface area contributed by atoms with E-state index in [2.05, 4.69) is 9.97 Å². The van der Waals surface area contributed by atoms with E-state index in [-0.39, 0.29) is 0 Å². The van der Waals surface area contributed by atoms with E-state index in [0.29, 0.717) is 5.56 Å². The smallest absolute Gasteiger partial charge is 0.248 e. The third-order valence-corrected chi connectivity index (χ3v) is 4.45. The number of primary amides is 1. The molecule has 0 aliphatic rings. The number of amides is 1. The quantitative estimate of drug-likeness (QED) is 0.751. The van der Waals surface area contributed by atoms with Crippen LogP contribution in [0.3, 0.4) is 0 Å². The summed E-state index contributed by atoms with van der Waals surface area (Å²) >= 11 is 1.64. The van der Waals surface area contributed by atoms with Gasteiger partial charge < -0.3 is 5.73 Å².